The number of rotatable bonds is 7. The summed E-state index contributed by atoms with van der Waals surface area (Å²) in [6.45, 7) is 12.4. The van der Waals surface area contributed by atoms with Crippen LogP contribution in [0.2, 0.25) is 0 Å². The molecule has 0 saturated carbocycles. The predicted molar refractivity (Wildman–Crippen MR) is 95.5 cm³/mol. The van der Waals surface area contributed by atoms with E-state index in [1.165, 1.54) is 6.07 Å². The first-order valence-corrected chi connectivity index (χ1v) is 8.57. The Kier molecular flexibility index (Phi) is 7.21. The van der Waals surface area contributed by atoms with Crippen molar-refractivity contribution in [3.63, 3.8) is 0 Å². The largest absolute Gasteiger partial charge is 0.444 e. The van der Waals surface area contributed by atoms with Crippen molar-refractivity contribution in [2.24, 2.45) is 0 Å². The third-order valence-corrected chi connectivity index (χ3v) is 4.18. The van der Waals surface area contributed by atoms with Crippen molar-refractivity contribution < 1.29 is 13.9 Å². The van der Waals surface area contributed by atoms with Crippen molar-refractivity contribution in [2.75, 3.05) is 6.54 Å². The van der Waals surface area contributed by atoms with Gasteiger partial charge in [0.1, 0.15) is 11.4 Å². The van der Waals surface area contributed by atoms with E-state index in [0.29, 0.717) is 18.7 Å². The quantitative estimate of drug-likeness (QED) is 0.779. The zero-order valence-electron chi connectivity index (χ0n) is 15.8. The first-order chi connectivity index (χ1) is 11.1. The molecule has 0 heterocycles. The van der Waals surface area contributed by atoms with Crippen molar-refractivity contribution in [3.05, 3.63) is 35.1 Å². The van der Waals surface area contributed by atoms with E-state index in [1.807, 2.05) is 33.8 Å². The lowest BCUT2D eigenvalue weighted by Gasteiger charge is -2.34. The summed E-state index contributed by atoms with van der Waals surface area (Å²) in [5.41, 5.74) is 0.841. The molecule has 0 aliphatic carbocycles. The van der Waals surface area contributed by atoms with Gasteiger partial charge in [-0.15, -0.1) is 0 Å². The Bertz CT molecular complexity index is 549. The van der Waals surface area contributed by atoms with Crippen LogP contribution in [0.3, 0.4) is 0 Å². The van der Waals surface area contributed by atoms with Crippen LogP contribution >= 0.6 is 0 Å². The third-order valence-electron chi connectivity index (χ3n) is 4.18. The number of alkyl carbamates (subject to hydrolysis) is 1. The van der Waals surface area contributed by atoms with Crippen molar-refractivity contribution in [1.29, 1.82) is 0 Å². The third kappa shape index (κ3) is 6.48. The maximum absolute atomic E-state index is 13.9. The van der Waals surface area contributed by atoms with Crippen LogP contribution < -0.4 is 10.6 Å². The lowest BCUT2D eigenvalue weighted by Crippen LogP contribution is -2.53. The fourth-order valence-corrected chi connectivity index (χ4v) is 2.49. The number of carbonyl (C=O) groups is 1. The molecule has 1 amide bonds. The van der Waals surface area contributed by atoms with Gasteiger partial charge in [0, 0.05) is 24.2 Å². The Hall–Kier alpha value is -1.62. The van der Waals surface area contributed by atoms with Gasteiger partial charge < -0.3 is 15.4 Å². The fraction of sp³-hybridized carbons (Fsp3) is 0.632. The second kappa shape index (κ2) is 8.47. The van der Waals surface area contributed by atoms with E-state index in [9.17, 15) is 9.18 Å². The summed E-state index contributed by atoms with van der Waals surface area (Å²) in [6, 6.07) is 5.10. The molecule has 0 bridgehead atoms. The van der Waals surface area contributed by atoms with Gasteiger partial charge in [-0.3, -0.25) is 0 Å². The highest BCUT2D eigenvalue weighted by Crippen LogP contribution is 2.17. The van der Waals surface area contributed by atoms with E-state index in [4.69, 9.17) is 4.74 Å². The number of hydrogen-bond donors (Lipinski definition) is 2. The maximum atomic E-state index is 13.9. The van der Waals surface area contributed by atoms with Crippen LogP contribution in [-0.2, 0) is 11.3 Å². The summed E-state index contributed by atoms with van der Waals surface area (Å²) in [7, 11) is 0. The minimum absolute atomic E-state index is 0.214. The number of aryl methyl sites for hydroxylation is 1. The van der Waals surface area contributed by atoms with Gasteiger partial charge in [-0.2, -0.15) is 0 Å². The Morgan fingerprint density at radius 2 is 1.83 bits per heavy atom. The van der Waals surface area contributed by atoms with Crippen LogP contribution in [0.5, 0.6) is 0 Å². The summed E-state index contributed by atoms with van der Waals surface area (Å²) in [5.74, 6) is -0.214. The van der Waals surface area contributed by atoms with Crippen molar-refractivity contribution >= 4 is 6.09 Å². The van der Waals surface area contributed by atoms with Gasteiger partial charge in [0.05, 0.1) is 0 Å². The van der Waals surface area contributed by atoms with E-state index in [1.54, 1.807) is 6.07 Å². The van der Waals surface area contributed by atoms with Crippen LogP contribution in [-0.4, -0.2) is 23.8 Å². The van der Waals surface area contributed by atoms with E-state index in [0.717, 1.165) is 18.4 Å². The van der Waals surface area contributed by atoms with Crippen LogP contribution in [0.1, 0.15) is 58.6 Å². The Balaban J connectivity index is 2.70. The lowest BCUT2D eigenvalue weighted by atomic mass is 9.92. The van der Waals surface area contributed by atoms with Gasteiger partial charge >= 0.3 is 6.09 Å². The monoisotopic (exact) mass is 338 g/mol. The molecule has 0 aliphatic rings. The highest BCUT2D eigenvalue weighted by molar-refractivity contribution is 5.67. The number of benzene rings is 1. The number of halogens is 1. The summed E-state index contributed by atoms with van der Waals surface area (Å²) in [5, 5.41) is 6.25. The average Bonchev–Trinajstić information content (AvgIpc) is 2.49. The van der Waals surface area contributed by atoms with Crippen molar-refractivity contribution in [2.45, 2.75) is 72.1 Å². The summed E-state index contributed by atoms with van der Waals surface area (Å²) in [4.78, 5) is 11.9. The molecule has 0 atom stereocenters. The maximum Gasteiger partial charge on any atom is 0.407 e. The summed E-state index contributed by atoms with van der Waals surface area (Å²) < 4.78 is 19.2. The second-order valence-corrected chi connectivity index (χ2v) is 7.29. The first kappa shape index (κ1) is 20.4. The van der Waals surface area contributed by atoms with Gasteiger partial charge in [-0.25, -0.2) is 9.18 Å². The molecule has 24 heavy (non-hydrogen) atoms. The molecule has 1 rings (SSSR count). The molecule has 0 radical (unpaired) electrons. The fourth-order valence-electron chi connectivity index (χ4n) is 2.49. The smallest absolute Gasteiger partial charge is 0.407 e. The molecule has 5 heteroatoms. The van der Waals surface area contributed by atoms with Crippen molar-refractivity contribution in [1.82, 2.24) is 10.6 Å². The number of amides is 1. The standard InChI is InChI=1S/C19H31FN2O2/c1-7-19(8-2,13-21-17(23)24-18(4,5)6)22-12-15-11-14(3)9-10-16(15)20/h9-11,22H,7-8,12-13H2,1-6H3,(H,21,23). The Morgan fingerprint density at radius 3 is 2.38 bits per heavy atom. The molecule has 1 aromatic carbocycles. The molecule has 0 fully saturated rings. The van der Waals surface area contributed by atoms with E-state index >= 15 is 0 Å². The van der Waals surface area contributed by atoms with Gasteiger partial charge in [-0.05, 0) is 46.6 Å². The summed E-state index contributed by atoms with van der Waals surface area (Å²) in [6.07, 6.45) is 1.19. The minimum atomic E-state index is -0.525. The molecular weight excluding hydrogens is 307 g/mol. The van der Waals surface area contributed by atoms with E-state index in [2.05, 4.69) is 24.5 Å². The Labute approximate surface area is 145 Å². The molecule has 4 nitrogen and oxygen atoms in total. The molecule has 2 N–H and O–H groups in total. The molecule has 1 aromatic rings. The number of carbonyl (C=O) groups excluding carboxylic acids is 1. The van der Waals surface area contributed by atoms with Crippen LogP contribution in [0.15, 0.2) is 18.2 Å². The molecule has 0 aliphatic heterocycles. The predicted octanol–water partition coefficient (Wildman–Crippen LogP) is 4.31. The molecule has 0 unspecified atom stereocenters. The normalized spacial score (nSPS) is 12.1. The average molecular weight is 338 g/mol. The zero-order valence-corrected chi connectivity index (χ0v) is 15.8. The summed E-state index contributed by atoms with van der Waals surface area (Å²) >= 11 is 0. The van der Waals surface area contributed by atoms with E-state index < -0.39 is 11.7 Å². The topological polar surface area (TPSA) is 50.4 Å². The van der Waals surface area contributed by atoms with Gasteiger partial charge in [0.25, 0.3) is 0 Å². The van der Waals surface area contributed by atoms with E-state index in [-0.39, 0.29) is 11.4 Å². The lowest BCUT2D eigenvalue weighted by molar-refractivity contribution is 0.0507. The SMILES string of the molecule is CCC(CC)(CNC(=O)OC(C)(C)C)NCc1cc(C)ccc1F. The number of hydrogen-bond acceptors (Lipinski definition) is 3. The highest BCUT2D eigenvalue weighted by atomic mass is 19.1. The zero-order chi connectivity index (χ0) is 18.4. The number of ether oxygens (including phenoxy) is 1. The molecule has 0 spiro atoms. The van der Waals surface area contributed by atoms with Crippen LogP contribution in [0, 0.1) is 12.7 Å². The van der Waals surface area contributed by atoms with Crippen LogP contribution in [0.4, 0.5) is 9.18 Å². The second-order valence-electron chi connectivity index (χ2n) is 7.29. The minimum Gasteiger partial charge on any atom is -0.444 e. The number of nitrogens with one attached hydrogen (secondary N) is 2. The molecule has 0 aromatic heterocycles. The van der Waals surface area contributed by atoms with Crippen molar-refractivity contribution in [3.8, 4) is 0 Å². The van der Waals surface area contributed by atoms with Gasteiger partial charge in [0.2, 0.25) is 0 Å². The molecular formula is C19H31FN2O2. The van der Waals surface area contributed by atoms with Crippen LogP contribution in [0.25, 0.3) is 0 Å². The highest BCUT2D eigenvalue weighted by Gasteiger charge is 2.27. The Morgan fingerprint density at radius 1 is 1.21 bits per heavy atom. The van der Waals surface area contributed by atoms with Gasteiger partial charge in [0.15, 0.2) is 0 Å². The molecule has 0 saturated heterocycles. The molecule has 136 valence electrons. The first-order valence-electron chi connectivity index (χ1n) is 8.57. The van der Waals surface area contributed by atoms with Gasteiger partial charge in [-0.1, -0.05) is 31.5 Å².